The molecule has 5 atom stereocenters. The molecule has 4 fully saturated rings. The molecule has 2 N–H and O–H groups in total. The molecule has 0 bridgehead atoms. The number of likely N-dealkylation sites (tertiary alicyclic amines) is 1. The zero-order valence-electron chi connectivity index (χ0n) is 35.5. The normalized spacial score (nSPS) is 25.9. The number of piperidine rings is 1. The van der Waals surface area contributed by atoms with Gasteiger partial charge in [0.15, 0.2) is 5.60 Å². The number of ether oxygens (including phenoxy) is 2. The second-order valence-corrected chi connectivity index (χ2v) is 23.7. The lowest BCUT2D eigenvalue weighted by atomic mass is 9.82. The molecular weight excluding hydrogens is 851 g/mol. The van der Waals surface area contributed by atoms with Crippen LogP contribution in [0.1, 0.15) is 50.2 Å². The average molecular weight is 907 g/mol. The van der Waals surface area contributed by atoms with Gasteiger partial charge >= 0.3 is 0 Å². The first-order chi connectivity index (χ1) is 29.4. The smallest absolute Gasteiger partial charge is 0.264 e. The fraction of sp³-hybridized carbons (Fsp3) is 0.438. The van der Waals surface area contributed by atoms with Crippen molar-refractivity contribution in [3.05, 3.63) is 113 Å². The van der Waals surface area contributed by atoms with Crippen LogP contribution in [0.5, 0.6) is 5.75 Å². The number of nitrogens with zero attached hydrogens (tertiary/aromatic N) is 4. The molecule has 0 aromatic heterocycles. The number of anilines is 3. The van der Waals surface area contributed by atoms with Gasteiger partial charge in [-0.15, -0.1) is 0 Å². The summed E-state index contributed by atoms with van der Waals surface area (Å²) in [6.45, 7) is 9.57. The highest BCUT2D eigenvalue weighted by Gasteiger charge is 2.66. The van der Waals surface area contributed by atoms with Crippen molar-refractivity contribution in [1.82, 2.24) is 10.2 Å². The Hall–Kier alpha value is -4.53. The Morgan fingerprint density at radius 1 is 0.951 bits per heavy atom. The summed E-state index contributed by atoms with van der Waals surface area (Å²) >= 11 is 3.73. The van der Waals surface area contributed by atoms with Crippen molar-refractivity contribution < 1.29 is 29.0 Å². The van der Waals surface area contributed by atoms with E-state index in [1.54, 1.807) is 7.11 Å². The highest BCUT2D eigenvalue weighted by Crippen LogP contribution is 2.60. The third-order valence-electron chi connectivity index (χ3n) is 14.6. The van der Waals surface area contributed by atoms with E-state index in [2.05, 4.69) is 76.5 Å². The van der Waals surface area contributed by atoms with Crippen LogP contribution >= 0.6 is 15.9 Å². The van der Waals surface area contributed by atoms with Crippen molar-refractivity contribution in [2.24, 2.45) is 5.92 Å². The van der Waals surface area contributed by atoms with Crippen molar-refractivity contribution in [3.8, 4) is 5.75 Å². The zero-order chi connectivity index (χ0) is 42.7. The summed E-state index contributed by atoms with van der Waals surface area (Å²) in [5, 5.41) is 14.8. The molecule has 5 aliphatic heterocycles. The van der Waals surface area contributed by atoms with Gasteiger partial charge in [0, 0.05) is 33.9 Å². The molecule has 0 unspecified atom stereocenters. The molecule has 320 valence electrons. The van der Waals surface area contributed by atoms with Crippen molar-refractivity contribution in [1.29, 1.82) is 0 Å². The van der Waals surface area contributed by atoms with E-state index < -0.39 is 25.3 Å². The molecule has 9 rings (SSSR count). The van der Waals surface area contributed by atoms with Crippen LogP contribution < -0.4 is 29.9 Å². The van der Waals surface area contributed by atoms with Gasteiger partial charge in [-0.1, -0.05) is 83.6 Å². The summed E-state index contributed by atoms with van der Waals surface area (Å²) in [4.78, 5) is 52.2. The van der Waals surface area contributed by atoms with Gasteiger partial charge in [0.05, 0.1) is 59.3 Å². The molecule has 4 aromatic carbocycles. The quantitative estimate of drug-likeness (QED) is 0.173. The molecule has 0 saturated carbocycles. The number of halogens is 1. The predicted octanol–water partition coefficient (Wildman–Crippen LogP) is 6.53. The number of fused-ring (bicyclic) bond motifs is 2. The standard InChI is InChI=1S/C48H56BrN5O6Si/c1-32-44(61(3,4)39-18-16-38(59-2)17-19-39)42(28-43(56)51-25-9-14-37(51)30-55)60-48(32)40-27-34(49)15-20-41(40)52(46(48)58)29-33-10-8-13-36(26-33)53-31-54(35-11-6-5-7-12-35)47(45(53)57)21-23-50-24-22-47/h5-8,10-13,15-20,26-27,32,37,42,44,50,55H,9,14,21-25,28-31H2,1-4H3/t32-,37+,42+,44-,48+/m1/s1. The summed E-state index contributed by atoms with van der Waals surface area (Å²) in [7, 11) is -0.839. The van der Waals surface area contributed by atoms with Crippen LogP contribution in [0.15, 0.2) is 102 Å². The van der Waals surface area contributed by atoms with E-state index in [1.807, 2.05) is 81.4 Å². The van der Waals surface area contributed by atoms with Crippen LogP contribution in [-0.2, 0) is 31.3 Å². The number of amides is 3. The second kappa shape index (κ2) is 16.3. The molecule has 13 heteroatoms. The molecule has 5 heterocycles. The highest BCUT2D eigenvalue weighted by molar-refractivity contribution is 9.10. The van der Waals surface area contributed by atoms with Gasteiger partial charge in [0.25, 0.3) is 11.8 Å². The number of nitrogens with one attached hydrogen (secondary N) is 1. The van der Waals surface area contributed by atoms with E-state index in [0.717, 1.165) is 77.2 Å². The lowest BCUT2D eigenvalue weighted by Crippen LogP contribution is -2.55. The van der Waals surface area contributed by atoms with Crippen LogP contribution in [0.3, 0.4) is 0 Å². The summed E-state index contributed by atoms with van der Waals surface area (Å²) in [6, 6.07) is 32.2. The summed E-state index contributed by atoms with van der Waals surface area (Å²) in [6.07, 6.45) is 2.65. The number of para-hydroxylation sites is 1. The third-order valence-corrected chi connectivity index (χ3v) is 19.4. The van der Waals surface area contributed by atoms with Gasteiger partial charge in [-0.3, -0.25) is 19.3 Å². The first-order valence-electron chi connectivity index (χ1n) is 21.7. The van der Waals surface area contributed by atoms with Crippen molar-refractivity contribution in [2.45, 2.75) is 87.5 Å². The summed E-state index contributed by atoms with van der Waals surface area (Å²) < 4.78 is 13.7. The average Bonchev–Trinajstić information content (AvgIpc) is 4.00. The fourth-order valence-corrected chi connectivity index (χ4v) is 15.8. The van der Waals surface area contributed by atoms with Gasteiger partial charge in [0.1, 0.15) is 11.3 Å². The van der Waals surface area contributed by atoms with Crippen LogP contribution in [0.2, 0.25) is 18.6 Å². The number of hydrogen-bond donors (Lipinski definition) is 2. The predicted molar refractivity (Wildman–Crippen MR) is 244 cm³/mol. The van der Waals surface area contributed by atoms with E-state index in [-0.39, 0.29) is 54.8 Å². The van der Waals surface area contributed by atoms with Gasteiger partial charge in [-0.05, 0) is 104 Å². The van der Waals surface area contributed by atoms with Crippen LogP contribution in [0, 0.1) is 5.92 Å². The molecule has 61 heavy (non-hydrogen) atoms. The number of carbonyl (C=O) groups is 3. The lowest BCUT2D eigenvalue weighted by Gasteiger charge is -2.39. The van der Waals surface area contributed by atoms with E-state index in [1.165, 1.54) is 5.19 Å². The minimum atomic E-state index is -2.50. The minimum Gasteiger partial charge on any atom is -0.497 e. The Morgan fingerprint density at radius 2 is 1.69 bits per heavy atom. The van der Waals surface area contributed by atoms with E-state index in [0.29, 0.717) is 13.2 Å². The molecule has 4 saturated heterocycles. The number of hydrogen-bond acceptors (Lipinski definition) is 8. The molecule has 0 radical (unpaired) electrons. The summed E-state index contributed by atoms with van der Waals surface area (Å²) in [5.74, 6) is 0.398. The van der Waals surface area contributed by atoms with Gasteiger partial charge in [-0.2, -0.15) is 0 Å². The zero-order valence-corrected chi connectivity index (χ0v) is 38.1. The monoisotopic (exact) mass is 905 g/mol. The largest absolute Gasteiger partial charge is 0.497 e. The van der Waals surface area contributed by atoms with Crippen LogP contribution in [0.4, 0.5) is 17.1 Å². The lowest BCUT2D eigenvalue weighted by molar-refractivity contribution is -0.150. The number of carbonyl (C=O) groups excluding carboxylic acids is 3. The maximum Gasteiger partial charge on any atom is 0.264 e. The van der Waals surface area contributed by atoms with Crippen molar-refractivity contribution in [3.63, 3.8) is 0 Å². The number of rotatable bonds is 10. The van der Waals surface area contributed by atoms with Crippen molar-refractivity contribution in [2.75, 3.05) is 54.7 Å². The Bertz CT molecular complexity index is 2310. The summed E-state index contributed by atoms with van der Waals surface area (Å²) in [5.41, 5.74) is 2.22. The Balaban J connectivity index is 1.06. The molecule has 0 aliphatic carbocycles. The van der Waals surface area contributed by atoms with E-state index in [4.69, 9.17) is 9.47 Å². The number of aliphatic hydroxyl groups is 1. The van der Waals surface area contributed by atoms with Crippen molar-refractivity contribution >= 4 is 64.0 Å². The van der Waals surface area contributed by atoms with E-state index >= 15 is 4.79 Å². The Labute approximate surface area is 368 Å². The molecule has 5 aliphatic rings. The van der Waals surface area contributed by atoms with Gasteiger partial charge in [-0.25, -0.2) is 0 Å². The molecule has 11 nitrogen and oxygen atoms in total. The maximum absolute atomic E-state index is 15.6. The fourth-order valence-electron chi connectivity index (χ4n) is 11.5. The van der Waals surface area contributed by atoms with E-state index in [9.17, 15) is 14.7 Å². The topological polar surface area (TPSA) is 115 Å². The minimum absolute atomic E-state index is 0.0440. The molecular formula is C48H56BrN5O6Si. The Kier molecular flexibility index (Phi) is 11.2. The van der Waals surface area contributed by atoms with Crippen LogP contribution in [0.25, 0.3) is 0 Å². The molecule has 4 aromatic rings. The molecule has 2 spiro atoms. The first kappa shape index (κ1) is 41.8. The van der Waals surface area contributed by atoms with Gasteiger partial charge < -0.3 is 34.6 Å². The third kappa shape index (κ3) is 6.91. The highest BCUT2D eigenvalue weighted by atomic mass is 79.9. The number of aliphatic hydroxyl groups excluding tert-OH is 1. The second-order valence-electron chi connectivity index (χ2n) is 18.1. The number of methoxy groups -OCH3 is 1. The molecule has 3 amide bonds. The van der Waals surface area contributed by atoms with Gasteiger partial charge in [0.2, 0.25) is 5.91 Å². The SMILES string of the molecule is COc1ccc([Si](C)(C)[C@H]2[C@H](CC(=O)N3CCC[C@H]3CO)O[C@@]3(C(=O)N(Cc4cccc(N5CN(c6ccccc6)C6(CCNCC6)C5=O)c4)c4ccc(Br)cc43)[C@@H]2C)cc1. The van der Waals surface area contributed by atoms with Crippen LogP contribution in [-0.4, -0.2) is 93.5 Å². The Morgan fingerprint density at radius 3 is 2.41 bits per heavy atom. The number of benzene rings is 4. The maximum atomic E-state index is 15.6. The first-order valence-corrected chi connectivity index (χ1v) is 25.6.